The van der Waals surface area contributed by atoms with Crippen molar-refractivity contribution in [2.24, 2.45) is 23.0 Å². The van der Waals surface area contributed by atoms with Crippen molar-refractivity contribution in [3.63, 3.8) is 0 Å². The van der Waals surface area contributed by atoms with E-state index in [9.17, 15) is 4.79 Å². The molecule has 0 aliphatic heterocycles. The van der Waals surface area contributed by atoms with Crippen LogP contribution in [-0.4, -0.2) is 16.9 Å². The fraction of sp³-hybridized carbons (Fsp3) is 0.846. The molecule has 3 atom stereocenters. The minimum Gasteiger partial charge on any atom is -0.392 e. The van der Waals surface area contributed by atoms with Gasteiger partial charge in [-0.2, -0.15) is 0 Å². The second-order valence-corrected chi connectivity index (χ2v) is 6.23. The van der Waals surface area contributed by atoms with Crippen molar-refractivity contribution >= 4 is 23.1 Å². The van der Waals surface area contributed by atoms with Crippen LogP contribution in [0, 0.1) is 17.3 Å². The second-order valence-electron chi connectivity index (χ2n) is 5.79. The van der Waals surface area contributed by atoms with Crippen LogP contribution in [0.3, 0.4) is 0 Å². The van der Waals surface area contributed by atoms with Crippen LogP contribution < -0.4 is 11.1 Å². The summed E-state index contributed by atoms with van der Waals surface area (Å²) < 4.78 is 0. The highest BCUT2D eigenvalue weighted by Crippen LogP contribution is 2.42. The zero-order valence-electron chi connectivity index (χ0n) is 10.7. The Morgan fingerprint density at radius 3 is 2.35 bits per heavy atom. The highest BCUT2D eigenvalue weighted by molar-refractivity contribution is 7.80. The van der Waals surface area contributed by atoms with E-state index < -0.39 is 5.41 Å². The van der Waals surface area contributed by atoms with Crippen molar-refractivity contribution in [1.29, 1.82) is 0 Å². The first-order chi connectivity index (χ1) is 7.97. The van der Waals surface area contributed by atoms with Gasteiger partial charge in [-0.1, -0.05) is 32.5 Å². The number of amides is 1. The third-order valence-corrected chi connectivity index (χ3v) is 5.29. The highest BCUT2D eigenvalue weighted by Gasteiger charge is 2.48. The summed E-state index contributed by atoms with van der Waals surface area (Å²) >= 11 is 5.07. The molecule has 4 heteroatoms. The van der Waals surface area contributed by atoms with Crippen LogP contribution in [0.15, 0.2) is 0 Å². The Bertz CT molecular complexity index is 338. The maximum Gasteiger partial charge on any atom is 0.233 e. The molecule has 0 bridgehead atoms. The van der Waals surface area contributed by atoms with Crippen LogP contribution in [0.1, 0.15) is 46.0 Å². The normalized spacial score (nSPS) is 35.1. The van der Waals surface area contributed by atoms with Gasteiger partial charge < -0.3 is 11.1 Å². The third-order valence-electron chi connectivity index (χ3n) is 4.90. The summed E-state index contributed by atoms with van der Waals surface area (Å²) in [5.41, 5.74) is 5.21. The van der Waals surface area contributed by atoms with Crippen molar-refractivity contribution in [2.45, 2.75) is 52.0 Å². The summed E-state index contributed by atoms with van der Waals surface area (Å²) in [6, 6.07) is 0.310. The third kappa shape index (κ3) is 2.07. The molecule has 96 valence electrons. The van der Waals surface area contributed by atoms with E-state index in [2.05, 4.69) is 19.2 Å². The largest absolute Gasteiger partial charge is 0.392 e. The van der Waals surface area contributed by atoms with Crippen LogP contribution in [0.2, 0.25) is 0 Å². The number of carbonyl (C=O) groups is 1. The topological polar surface area (TPSA) is 55.1 Å². The minimum absolute atomic E-state index is 0.0715. The van der Waals surface area contributed by atoms with E-state index in [1.54, 1.807) is 0 Å². The molecular weight excluding hydrogens is 232 g/mol. The van der Waals surface area contributed by atoms with Gasteiger partial charge in [0.2, 0.25) is 5.91 Å². The molecule has 0 aromatic heterocycles. The Hall–Kier alpha value is -0.640. The van der Waals surface area contributed by atoms with Gasteiger partial charge in [-0.25, -0.2) is 0 Å². The van der Waals surface area contributed by atoms with Gasteiger partial charge in [-0.05, 0) is 37.5 Å². The van der Waals surface area contributed by atoms with Gasteiger partial charge in [0.05, 0.1) is 10.4 Å². The van der Waals surface area contributed by atoms with E-state index >= 15 is 0 Å². The lowest BCUT2D eigenvalue weighted by Crippen LogP contribution is -2.55. The Morgan fingerprint density at radius 1 is 1.35 bits per heavy atom. The average molecular weight is 254 g/mol. The van der Waals surface area contributed by atoms with Crippen molar-refractivity contribution in [2.75, 3.05) is 0 Å². The van der Waals surface area contributed by atoms with Crippen LogP contribution in [-0.2, 0) is 4.79 Å². The summed E-state index contributed by atoms with van der Waals surface area (Å²) in [6.07, 6.45) is 4.99. The number of thiocarbonyl (C=S) groups is 1. The zero-order valence-corrected chi connectivity index (χ0v) is 11.5. The summed E-state index contributed by atoms with van der Waals surface area (Å²) in [4.78, 5) is 12.7. The Balaban J connectivity index is 2.00. The Labute approximate surface area is 109 Å². The molecule has 0 saturated heterocycles. The number of carbonyl (C=O) groups excluding carboxylic acids is 1. The van der Waals surface area contributed by atoms with Crippen LogP contribution in [0.4, 0.5) is 0 Å². The van der Waals surface area contributed by atoms with Crippen molar-refractivity contribution < 1.29 is 4.79 Å². The lowest BCUT2D eigenvalue weighted by molar-refractivity contribution is -0.131. The lowest BCUT2D eigenvalue weighted by Gasteiger charge is -2.40. The van der Waals surface area contributed by atoms with E-state index in [1.807, 2.05) is 0 Å². The maximum absolute atomic E-state index is 12.3. The van der Waals surface area contributed by atoms with Crippen LogP contribution in [0.25, 0.3) is 0 Å². The van der Waals surface area contributed by atoms with Crippen LogP contribution >= 0.6 is 12.2 Å². The minimum atomic E-state index is -0.527. The van der Waals surface area contributed by atoms with Gasteiger partial charge in [0, 0.05) is 6.04 Å². The molecule has 17 heavy (non-hydrogen) atoms. The van der Waals surface area contributed by atoms with E-state index in [4.69, 9.17) is 18.0 Å². The first kappa shape index (κ1) is 12.8. The molecule has 2 rings (SSSR count). The molecule has 3 nitrogen and oxygen atoms in total. The summed E-state index contributed by atoms with van der Waals surface area (Å²) in [5, 5.41) is 3.18. The first-order valence-corrected chi connectivity index (χ1v) is 6.99. The number of nitrogens with two attached hydrogens (primary N) is 1. The summed E-state index contributed by atoms with van der Waals surface area (Å²) in [7, 11) is 0. The molecule has 0 radical (unpaired) electrons. The van der Waals surface area contributed by atoms with Gasteiger partial charge >= 0.3 is 0 Å². The van der Waals surface area contributed by atoms with Crippen molar-refractivity contribution in [3.8, 4) is 0 Å². The quantitative estimate of drug-likeness (QED) is 0.757. The van der Waals surface area contributed by atoms with E-state index in [0.29, 0.717) is 22.9 Å². The molecule has 0 aromatic rings. The molecule has 0 aromatic carbocycles. The lowest BCUT2D eigenvalue weighted by atomic mass is 9.68. The SMILES string of the molecule is CC1CCC(NC(=O)C2(C(N)=S)CCC2)C1C. The van der Waals surface area contributed by atoms with Crippen molar-refractivity contribution in [1.82, 2.24) is 5.32 Å². The number of hydrogen-bond acceptors (Lipinski definition) is 2. The molecule has 1 amide bonds. The van der Waals surface area contributed by atoms with Crippen molar-refractivity contribution in [3.05, 3.63) is 0 Å². The first-order valence-electron chi connectivity index (χ1n) is 6.58. The van der Waals surface area contributed by atoms with Crippen LogP contribution in [0.5, 0.6) is 0 Å². The van der Waals surface area contributed by atoms with Gasteiger partial charge in [0.1, 0.15) is 0 Å². The molecule has 0 heterocycles. The molecule has 3 N–H and O–H groups in total. The molecule has 2 fully saturated rings. The molecule has 2 aliphatic rings. The molecule has 2 aliphatic carbocycles. The molecular formula is C13H22N2OS. The fourth-order valence-electron chi connectivity index (χ4n) is 2.99. The fourth-order valence-corrected chi connectivity index (χ4v) is 3.29. The molecule has 0 spiro atoms. The van der Waals surface area contributed by atoms with Gasteiger partial charge in [0.15, 0.2) is 0 Å². The summed E-state index contributed by atoms with van der Waals surface area (Å²) in [6.45, 7) is 4.47. The number of nitrogens with one attached hydrogen (secondary N) is 1. The van der Waals surface area contributed by atoms with Gasteiger partial charge in [-0.3, -0.25) is 4.79 Å². The maximum atomic E-state index is 12.3. The summed E-state index contributed by atoms with van der Waals surface area (Å²) in [5.74, 6) is 1.33. The highest BCUT2D eigenvalue weighted by atomic mass is 32.1. The number of rotatable bonds is 3. The van der Waals surface area contributed by atoms with E-state index in [-0.39, 0.29) is 5.91 Å². The average Bonchev–Trinajstić information content (AvgIpc) is 2.47. The monoisotopic (exact) mass is 254 g/mol. The molecule has 3 unspecified atom stereocenters. The second kappa shape index (κ2) is 4.56. The molecule has 2 saturated carbocycles. The Morgan fingerprint density at radius 2 is 2.00 bits per heavy atom. The predicted octanol–water partition coefficient (Wildman–Crippen LogP) is 1.99. The zero-order chi connectivity index (χ0) is 12.6. The predicted molar refractivity (Wildman–Crippen MR) is 72.6 cm³/mol. The van der Waals surface area contributed by atoms with E-state index in [1.165, 1.54) is 6.42 Å². The number of hydrogen-bond donors (Lipinski definition) is 2. The smallest absolute Gasteiger partial charge is 0.233 e. The Kier molecular flexibility index (Phi) is 3.43. The van der Waals surface area contributed by atoms with Gasteiger partial charge in [0.25, 0.3) is 0 Å². The standard InChI is InChI=1S/C13H22N2OS/c1-8-4-5-10(9(8)2)15-12(16)13(11(14)17)6-3-7-13/h8-10H,3-7H2,1-2H3,(H2,14,17)(H,15,16). The van der Waals surface area contributed by atoms with Gasteiger partial charge in [-0.15, -0.1) is 0 Å². The van der Waals surface area contributed by atoms with E-state index in [0.717, 1.165) is 25.7 Å².